The zero-order valence-electron chi connectivity index (χ0n) is 10.4. The molecule has 1 amide bonds. The maximum Gasteiger partial charge on any atom is 0.418 e. The lowest BCUT2D eigenvalue weighted by Crippen LogP contribution is -2.31. The van der Waals surface area contributed by atoms with Gasteiger partial charge in [0.05, 0.1) is 0 Å². The van der Waals surface area contributed by atoms with Gasteiger partial charge in [-0.1, -0.05) is 0 Å². The number of hydrogen-bond acceptors (Lipinski definition) is 2. The fourth-order valence-corrected chi connectivity index (χ4v) is 1.84. The van der Waals surface area contributed by atoms with Crippen LogP contribution in [-0.4, -0.2) is 39.7 Å². The Hall–Kier alpha value is -1.50. The van der Waals surface area contributed by atoms with Crippen LogP contribution in [0, 0.1) is 0 Å². The van der Waals surface area contributed by atoms with Crippen molar-refractivity contribution in [2.75, 3.05) is 7.05 Å². The summed E-state index contributed by atoms with van der Waals surface area (Å²) in [4.78, 5) is 13.4. The van der Waals surface area contributed by atoms with Crippen molar-refractivity contribution in [1.29, 1.82) is 0 Å². The highest BCUT2D eigenvalue weighted by atomic mass is 19.4. The highest BCUT2D eigenvalue weighted by molar-refractivity contribution is 5.76. The Morgan fingerprint density at radius 1 is 1.58 bits per heavy atom. The van der Waals surface area contributed by atoms with E-state index in [2.05, 4.69) is 0 Å². The monoisotopic (exact) mass is 276 g/mol. The third-order valence-corrected chi connectivity index (χ3v) is 3.20. The number of alkyl halides is 3. The molecule has 1 fully saturated rings. The first-order chi connectivity index (χ1) is 8.79. The Morgan fingerprint density at radius 3 is 2.74 bits per heavy atom. The summed E-state index contributed by atoms with van der Waals surface area (Å²) < 4.78 is 38.3. The van der Waals surface area contributed by atoms with Gasteiger partial charge in [0.15, 0.2) is 6.10 Å². The number of halogens is 3. The van der Waals surface area contributed by atoms with Gasteiger partial charge in [-0.05, 0) is 18.9 Å². The van der Waals surface area contributed by atoms with E-state index in [9.17, 15) is 18.0 Å². The summed E-state index contributed by atoms with van der Waals surface area (Å²) in [5.74, 6) is -0.147. The standard InChI is InChI=1S/C12H15F3N2O2/c1-16(9-2-3-9)10(18)7-17-5-4-8(6-17)11(19)12(13,14)15/h4-6,9,11,19H,2-3,7H2,1H3. The van der Waals surface area contributed by atoms with E-state index in [1.165, 1.54) is 16.8 Å². The molecule has 0 aromatic carbocycles. The van der Waals surface area contributed by atoms with E-state index >= 15 is 0 Å². The zero-order valence-corrected chi connectivity index (χ0v) is 10.4. The van der Waals surface area contributed by atoms with Crippen LogP contribution in [0.5, 0.6) is 0 Å². The number of aliphatic hydroxyl groups is 1. The minimum atomic E-state index is -4.69. The number of rotatable bonds is 4. The Bertz CT molecular complexity index is 466. The van der Waals surface area contributed by atoms with Gasteiger partial charge < -0.3 is 14.6 Å². The van der Waals surface area contributed by atoms with E-state index in [-0.39, 0.29) is 24.1 Å². The van der Waals surface area contributed by atoms with Crippen LogP contribution in [0.15, 0.2) is 18.5 Å². The molecule has 1 aliphatic rings. The van der Waals surface area contributed by atoms with Crippen LogP contribution in [0.1, 0.15) is 24.5 Å². The van der Waals surface area contributed by atoms with Crippen molar-refractivity contribution in [2.45, 2.75) is 37.7 Å². The Labute approximate surface area is 108 Å². The second kappa shape index (κ2) is 4.88. The van der Waals surface area contributed by atoms with E-state index in [1.807, 2.05) is 0 Å². The van der Waals surface area contributed by atoms with Crippen molar-refractivity contribution < 1.29 is 23.1 Å². The van der Waals surface area contributed by atoms with Crippen molar-refractivity contribution in [3.63, 3.8) is 0 Å². The van der Waals surface area contributed by atoms with Crippen LogP contribution in [0.2, 0.25) is 0 Å². The second-order valence-corrected chi connectivity index (χ2v) is 4.80. The molecule has 1 aromatic rings. The zero-order chi connectivity index (χ0) is 14.2. The minimum absolute atomic E-state index is 0.0163. The van der Waals surface area contributed by atoms with Crippen molar-refractivity contribution >= 4 is 5.91 Å². The molecule has 0 radical (unpaired) electrons. The molecule has 1 N–H and O–H groups in total. The van der Waals surface area contributed by atoms with E-state index in [1.54, 1.807) is 11.9 Å². The number of aromatic nitrogens is 1. The number of hydrogen-bond donors (Lipinski definition) is 1. The normalized spacial score (nSPS) is 17.3. The number of carbonyl (C=O) groups excluding carboxylic acids is 1. The fraction of sp³-hybridized carbons (Fsp3) is 0.583. The predicted octanol–water partition coefficient (Wildman–Crippen LogP) is 1.70. The van der Waals surface area contributed by atoms with Gasteiger partial charge in [0.25, 0.3) is 0 Å². The molecule has 19 heavy (non-hydrogen) atoms. The largest absolute Gasteiger partial charge is 0.418 e. The first kappa shape index (κ1) is 13.9. The number of carbonyl (C=O) groups is 1. The Morgan fingerprint density at radius 2 is 2.21 bits per heavy atom. The first-order valence-electron chi connectivity index (χ1n) is 5.95. The fourth-order valence-electron chi connectivity index (χ4n) is 1.84. The third-order valence-electron chi connectivity index (χ3n) is 3.20. The molecule has 0 saturated heterocycles. The van der Waals surface area contributed by atoms with Gasteiger partial charge in [0.1, 0.15) is 6.54 Å². The first-order valence-corrected chi connectivity index (χ1v) is 5.95. The van der Waals surface area contributed by atoms with Crippen LogP contribution in [-0.2, 0) is 11.3 Å². The SMILES string of the molecule is CN(C(=O)Cn1ccc(C(O)C(F)(F)F)c1)C1CC1. The number of aliphatic hydroxyl groups excluding tert-OH is 1. The van der Waals surface area contributed by atoms with E-state index < -0.39 is 12.3 Å². The van der Waals surface area contributed by atoms with Crippen LogP contribution < -0.4 is 0 Å². The molecule has 4 nitrogen and oxygen atoms in total. The quantitative estimate of drug-likeness (QED) is 0.910. The molecule has 1 aromatic heterocycles. The molecular weight excluding hydrogens is 261 g/mol. The van der Waals surface area contributed by atoms with Gasteiger partial charge in [-0.2, -0.15) is 13.2 Å². The molecule has 1 saturated carbocycles. The maximum absolute atomic E-state index is 12.3. The average Bonchev–Trinajstić information content (AvgIpc) is 3.07. The molecule has 1 unspecified atom stereocenters. The van der Waals surface area contributed by atoms with Gasteiger partial charge in [-0.25, -0.2) is 0 Å². The van der Waals surface area contributed by atoms with Crippen molar-refractivity contribution in [3.8, 4) is 0 Å². The highest BCUT2D eigenvalue weighted by Gasteiger charge is 2.39. The number of likely N-dealkylation sites (N-methyl/N-ethyl adjacent to an activating group) is 1. The van der Waals surface area contributed by atoms with Gasteiger partial charge >= 0.3 is 6.18 Å². The summed E-state index contributed by atoms with van der Waals surface area (Å²) in [7, 11) is 1.69. The van der Waals surface area contributed by atoms with Crippen LogP contribution in [0.3, 0.4) is 0 Å². The molecule has 7 heteroatoms. The third kappa shape index (κ3) is 3.28. The second-order valence-electron chi connectivity index (χ2n) is 4.80. The summed E-state index contributed by atoms with van der Waals surface area (Å²) in [6.07, 6.45) is -2.73. The maximum atomic E-state index is 12.3. The summed E-state index contributed by atoms with van der Waals surface area (Å²) in [6.45, 7) is -0.0163. The van der Waals surface area contributed by atoms with E-state index in [0.29, 0.717) is 0 Å². The number of nitrogens with zero attached hydrogens (tertiary/aromatic N) is 2. The van der Waals surface area contributed by atoms with Crippen LogP contribution in [0.4, 0.5) is 13.2 Å². The molecule has 0 bridgehead atoms. The molecule has 0 spiro atoms. The molecular formula is C12H15F3N2O2. The lowest BCUT2D eigenvalue weighted by atomic mass is 10.2. The smallest absolute Gasteiger partial charge is 0.379 e. The van der Waals surface area contributed by atoms with Gasteiger partial charge in [0.2, 0.25) is 5.91 Å². The van der Waals surface area contributed by atoms with Gasteiger partial charge in [0, 0.05) is 31.0 Å². The minimum Gasteiger partial charge on any atom is -0.379 e. The average molecular weight is 276 g/mol. The van der Waals surface area contributed by atoms with E-state index in [0.717, 1.165) is 19.0 Å². The summed E-state index contributed by atoms with van der Waals surface area (Å²) in [5.41, 5.74) is -0.255. The van der Waals surface area contributed by atoms with Crippen LogP contribution >= 0.6 is 0 Å². The predicted molar refractivity (Wildman–Crippen MR) is 61.2 cm³/mol. The lowest BCUT2D eigenvalue weighted by molar-refractivity contribution is -0.206. The molecule has 0 aliphatic heterocycles. The number of amides is 1. The Kier molecular flexibility index (Phi) is 3.58. The Balaban J connectivity index is 1.99. The van der Waals surface area contributed by atoms with Gasteiger partial charge in [-0.3, -0.25) is 4.79 Å². The van der Waals surface area contributed by atoms with Crippen molar-refractivity contribution in [1.82, 2.24) is 9.47 Å². The summed E-state index contributed by atoms with van der Waals surface area (Å²) in [6, 6.07) is 1.44. The molecule has 2 rings (SSSR count). The topological polar surface area (TPSA) is 45.5 Å². The highest BCUT2D eigenvalue weighted by Crippen LogP contribution is 2.32. The van der Waals surface area contributed by atoms with Crippen molar-refractivity contribution in [3.05, 3.63) is 24.0 Å². The van der Waals surface area contributed by atoms with E-state index in [4.69, 9.17) is 5.11 Å². The van der Waals surface area contributed by atoms with Crippen LogP contribution in [0.25, 0.3) is 0 Å². The van der Waals surface area contributed by atoms with Gasteiger partial charge in [-0.15, -0.1) is 0 Å². The molecule has 1 atom stereocenters. The lowest BCUT2D eigenvalue weighted by Gasteiger charge is -2.16. The summed E-state index contributed by atoms with van der Waals surface area (Å²) >= 11 is 0. The van der Waals surface area contributed by atoms with Crippen molar-refractivity contribution in [2.24, 2.45) is 0 Å². The molecule has 1 heterocycles. The molecule has 1 aliphatic carbocycles. The summed E-state index contributed by atoms with van der Waals surface area (Å²) in [5, 5.41) is 9.08. The molecule has 106 valence electrons.